The number of nitro groups is 1. The fourth-order valence-electron chi connectivity index (χ4n) is 1.37. The van der Waals surface area contributed by atoms with E-state index < -0.39 is 4.92 Å². The summed E-state index contributed by atoms with van der Waals surface area (Å²) in [6.07, 6.45) is 3.95. The van der Waals surface area contributed by atoms with E-state index in [0.29, 0.717) is 5.82 Å². The molecule has 8 nitrogen and oxygen atoms in total. The molecule has 0 aliphatic heterocycles. The molecule has 0 amide bonds. The molecule has 0 N–H and O–H groups in total. The van der Waals surface area contributed by atoms with Gasteiger partial charge in [0, 0.05) is 6.20 Å². The number of ether oxygens (including phenoxy) is 1. The Morgan fingerprint density at radius 2 is 2.33 bits per heavy atom. The maximum absolute atomic E-state index is 10.6. The average Bonchev–Trinajstić information content (AvgIpc) is 2.86. The number of aromatic nitrogens is 3. The van der Waals surface area contributed by atoms with Gasteiger partial charge in [-0.2, -0.15) is 5.26 Å². The van der Waals surface area contributed by atoms with Crippen LogP contribution in [-0.4, -0.2) is 26.6 Å². The van der Waals surface area contributed by atoms with Gasteiger partial charge in [-0.05, 0) is 0 Å². The molecule has 0 spiro atoms. The third-order valence-electron chi connectivity index (χ3n) is 2.19. The molecule has 0 radical (unpaired) electrons. The van der Waals surface area contributed by atoms with Crippen molar-refractivity contribution in [2.24, 2.45) is 0 Å². The lowest BCUT2D eigenvalue weighted by Gasteiger charge is -2.06. The number of rotatable bonds is 3. The third-order valence-corrected chi connectivity index (χ3v) is 2.19. The molecule has 0 saturated carbocycles. The van der Waals surface area contributed by atoms with E-state index in [1.807, 2.05) is 6.07 Å². The highest BCUT2D eigenvalue weighted by atomic mass is 16.6. The zero-order chi connectivity index (χ0) is 13.1. The summed E-state index contributed by atoms with van der Waals surface area (Å²) in [5, 5.41) is 19.3. The van der Waals surface area contributed by atoms with Gasteiger partial charge < -0.3 is 4.74 Å². The highest BCUT2D eigenvalue weighted by Crippen LogP contribution is 2.25. The first-order valence-corrected chi connectivity index (χ1v) is 4.78. The SMILES string of the molecule is COc1cc([N+](=O)[O-])cnc1-n1cnc(C#N)c1. The van der Waals surface area contributed by atoms with Crippen molar-refractivity contribution in [3.63, 3.8) is 0 Å². The highest BCUT2D eigenvalue weighted by Gasteiger charge is 2.14. The molecule has 0 aromatic carbocycles. The van der Waals surface area contributed by atoms with Crippen molar-refractivity contribution in [3.8, 4) is 17.6 Å². The second kappa shape index (κ2) is 4.50. The Morgan fingerprint density at radius 3 is 2.89 bits per heavy atom. The molecule has 18 heavy (non-hydrogen) atoms. The number of hydrogen-bond donors (Lipinski definition) is 0. The van der Waals surface area contributed by atoms with Crippen molar-refractivity contribution in [2.75, 3.05) is 7.11 Å². The van der Waals surface area contributed by atoms with Crippen LogP contribution in [0.15, 0.2) is 24.8 Å². The molecule has 0 atom stereocenters. The van der Waals surface area contributed by atoms with Gasteiger partial charge in [-0.3, -0.25) is 14.7 Å². The van der Waals surface area contributed by atoms with Crippen molar-refractivity contribution in [1.82, 2.24) is 14.5 Å². The molecular formula is C10H7N5O3. The van der Waals surface area contributed by atoms with Crippen LogP contribution in [0.2, 0.25) is 0 Å². The van der Waals surface area contributed by atoms with Crippen LogP contribution < -0.4 is 4.74 Å². The first-order valence-electron chi connectivity index (χ1n) is 4.78. The first-order chi connectivity index (χ1) is 8.65. The van der Waals surface area contributed by atoms with Gasteiger partial charge in [0.2, 0.25) is 0 Å². The van der Waals surface area contributed by atoms with Gasteiger partial charge in [0.25, 0.3) is 5.69 Å². The van der Waals surface area contributed by atoms with Gasteiger partial charge in [-0.1, -0.05) is 0 Å². The van der Waals surface area contributed by atoms with E-state index in [1.165, 1.54) is 30.3 Å². The summed E-state index contributed by atoms with van der Waals surface area (Å²) in [6, 6.07) is 3.13. The maximum atomic E-state index is 10.6. The molecule has 2 aromatic heterocycles. The van der Waals surface area contributed by atoms with Gasteiger partial charge in [0.05, 0.1) is 18.1 Å². The van der Waals surface area contributed by atoms with Crippen molar-refractivity contribution >= 4 is 5.69 Å². The summed E-state index contributed by atoms with van der Waals surface area (Å²) >= 11 is 0. The molecule has 0 aliphatic carbocycles. The zero-order valence-electron chi connectivity index (χ0n) is 9.27. The van der Waals surface area contributed by atoms with Crippen molar-refractivity contribution in [2.45, 2.75) is 0 Å². The lowest BCUT2D eigenvalue weighted by atomic mass is 10.3. The van der Waals surface area contributed by atoms with Crippen molar-refractivity contribution < 1.29 is 9.66 Å². The largest absolute Gasteiger partial charge is 0.493 e. The van der Waals surface area contributed by atoms with Crippen molar-refractivity contribution in [1.29, 1.82) is 5.26 Å². The first kappa shape index (κ1) is 11.5. The van der Waals surface area contributed by atoms with Gasteiger partial charge in [0.15, 0.2) is 17.3 Å². The number of hydrogen-bond acceptors (Lipinski definition) is 6. The van der Waals surface area contributed by atoms with E-state index in [-0.39, 0.29) is 17.1 Å². The van der Waals surface area contributed by atoms with Crippen LogP contribution in [0.25, 0.3) is 5.82 Å². The molecule has 0 saturated heterocycles. The molecule has 90 valence electrons. The number of nitrogens with zero attached hydrogens (tertiary/aromatic N) is 5. The Labute approximate surface area is 101 Å². The minimum atomic E-state index is -0.562. The average molecular weight is 245 g/mol. The summed E-state index contributed by atoms with van der Waals surface area (Å²) in [7, 11) is 1.38. The van der Waals surface area contributed by atoms with Crippen LogP contribution in [-0.2, 0) is 0 Å². The zero-order valence-corrected chi connectivity index (χ0v) is 9.27. The molecule has 2 heterocycles. The van der Waals surface area contributed by atoms with E-state index in [4.69, 9.17) is 10.00 Å². The fraction of sp³-hybridized carbons (Fsp3) is 0.100. The molecule has 0 fully saturated rings. The highest BCUT2D eigenvalue weighted by molar-refractivity contribution is 5.47. The van der Waals surface area contributed by atoms with E-state index in [1.54, 1.807) is 0 Å². The maximum Gasteiger partial charge on any atom is 0.291 e. The van der Waals surface area contributed by atoms with Crippen LogP contribution in [0.3, 0.4) is 0 Å². The van der Waals surface area contributed by atoms with Crippen LogP contribution in [0.4, 0.5) is 5.69 Å². The molecule has 0 unspecified atom stereocenters. The predicted octanol–water partition coefficient (Wildman–Crippen LogP) is 1.06. The quantitative estimate of drug-likeness (QED) is 0.591. The van der Waals surface area contributed by atoms with Crippen LogP contribution >= 0.6 is 0 Å². The Morgan fingerprint density at radius 1 is 1.56 bits per heavy atom. The molecular weight excluding hydrogens is 238 g/mol. The second-order valence-corrected chi connectivity index (χ2v) is 3.25. The number of nitriles is 1. The van der Waals surface area contributed by atoms with E-state index in [0.717, 1.165) is 6.20 Å². The van der Waals surface area contributed by atoms with Crippen molar-refractivity contribution in [3.05, 3.63) is 40.6 Å². The van der Waals surface area contributed by atoms with Gasteiger partial charge in [-0.25, -0.2) is 9.97 Å². The Hall–Kier alpha value is -2.95. The summed E-state index contributed by atoms with van der Waals surface area (Å²) in [4.78, 5) is 17.8. The Kier molecular flexibility index (Phi) is 2.89. The third kappa shape index (κ3) is 1.97. The lowest BCUT2D eigenvalue weighted by molar-refractivity contribution is -0.385. The Bertz CT molecular complexity index is 643. The summed E-state index contributed by atoms with van der Waals surface area (Å²) in [6.45, 7) is 0. The topological polar surface area (TPSA) is 107 Å². The second-order valence-electron chi connectivity index (χ2n) is 3.25. The van der Waals surface area contributed by atoms with Gasteiger partial charge >= 0.3 is 0 Å². The normalized spacial score (nSPS) is 9.78. The molecule has 8 heteroatoms. The summed E-state index contributed by atoms with van der Waals surface area (Å²) < 4.78 is 6.49. The Balaban J connectivity index is 2.51. The molecule has 2 aromatic rings. The summed E-state index contributed by atoms with van der Waals surface area (Å²) in [5.41, 5.74) is 0.0495. The van der Waals surface area contributed by atoms with E-state index in [2.05, 4.69) is 9.97 Å². The smallest absolute Gasteiger partial charge is 0.291 e. The number of methoxy groups -OCH3 is 1. The molecule has 2 rings (SSSR count). The predicted molar refractivity (Wildman–Crippen MR) is 59.3 cm³/mol. The lowest BCUT2D eigenvalue weighted by Crippen LogP contribution is -2.00. The minimum absolute atomic E-state index is 0.170. The van der Waals surface area contributed by atoms with Crippen LogP contribution in [0.1, 0.15) is 5.69 Å². The number of pyridine rings is 1. The molecule has 0 aliphatic rings. The van der Waals surface area contributed by atoms with Crippen LogP contribution in [0, 0.1) is 21.4 Å². The monoisotopic (exact) mass is 245 g/mol. The number of imidazole rings is 1. The van der Waals surface area contributed by atoms with Gasteiger partial charge in [-0.15, -0.1) is 0 Å². The fourth-order valence-corrected chi connectivity index (χ4v) is 1.37. The van der Waals surface area contributed by atoms with E-state index >= 15 is 0 Å². The standard InChI is InChI=1S/C10H7N5O3/c1-18-9-2-8(15(16)17)4-12-10(9)14-5-7(3-11)13-6-14/h2,4-6H,1H3. The van der Waals surface area contributed by atoms with Crippen LogP contribution in [0.5, 0.6) is 5.75 Å². The van der Waals surface area contributed by atoms with E-state index in [9.17, 15) is 10.1 Å². The minimum Gasteiger partial charge on any atom is -0.493 e. The molecule has 0 bridgehead atoms. The van der Waals surface area contributed by atoms with Gasteiger partial charge in [0.1, 0.15) is 18.6 Å². The summed E-state index contributed by atoms with van der Waals surface area (Å²) in [5.74, 6) is 0.559.